The van der Waals surface area contributed by atoms with Gasteiger partial charge in [0.2, 0.25) is 5.91 Å². The molecule has 7 nitrogen and oxygen atoms in total. The van der Waals surface area contributed by atoms with Crippen LogP contribution in [0.4, 0.5) is 5.69 Å². The van der Waals surface area contributed by atoms with Crippen LogP contribution in [0.15, 0.2) is 49.1 Å². The number of rotatable bonds is 5. The van der Waals surface area contributed by atoms with Crippen molar-refractivity contribution in [3.63, 3.8) is 0 Å². The van der Waals surface area contributed by atoms with E-state index in [-0.39, 0.29) is 17.7 Å². The van der Waals surface area contributed by atoms with Crippen LogP contribution in [0.25, 0.3) is 0 Å². The van der Waals surface area contributed by atoms with Crippen molar-refractivity contribution < 1.29 is 14.7 Å². The number of hydrogen-bond acceptors (Lipinski definition) is 4. The van der Waals surface area contributed by atoms with E-state index in [1.807, 2.05) is 36.4 Å². The second-order valence-corrected chi connectivity index (χ2v) is 6.62. The Morgan fingerprint density at radius 1 is 1.16 bits per heavy atom. The van der Waals surface area contributed by atoms with Crippen molar-refractivity contribution in [3.8, 4) is 0 Å². The number of benzene rings is 1. The van der Waals surface area contributed by atoms with E-state index in [0.29, 0.717) is 12.2 Å². The summed E-state index contributed by atoms with van der Waals surface area (Å²) >= 11 is 0. The smallest absolute Gasteiger partial charge is 0.307 e. The average Bonchev–Trinajstić information content (AvgIpc) is 3.32. The number of nitrogens with one attached hydrogen (secondary N) is 1. The normalized spacial score (nSPS) is 26.7. The molecule has 1 amide bonds. The lowest BCUT2D eigenvalue weighted by molar-refractivity contribution is -0.146. The first-order valence-corrected chi connectivity index (χ1v) is 8.25. The summed E-state index contributed by atoms with van der Waals surface area (Å²) in [6, 6.07) is 7.46. The van der Waals surface area contributed by atoms with Gasteiger partial charge in [-0.05, 0) is 36.0 Å². The molecule has 2 aromatic rings. The Kier molecular flexibility index (Phi) is 3.83. The molecule has 2 N–H and O–H groups in total. The van der Waals surface area contributed by atoms with Crippen molar-refractivity contribution in [2.45, 2.75) is 13.0 Å². The number of carboxylic acid groups (broad SMARTS) is 1. The zero-order chi connectivity index (χ0) is 17.4. The first kappa shape index (κ1) is 15.6. The molecule has 0 unspecified atom stereocenters. The van der Waals surface area contributed by atoms with Gasteiger partial charge in [-0.2, -0.15) is 5.10 Å². The summed E-state index contributed by atoms with van der Waals surface area (Å²) in [6.45, 7) is 0.604. The number of fused-ring (bicyclic) bond motifs is 2. The van der Waals surface area contributed by atoms with Crippen LogP contribution in [0.5, 0.6) is 0 Å². The predicted molar refractivity (Wildman–Crippen MR) is 89.5 cm³/mol. The molecule has 1 aromatic carbocycles. The third-order valence-corrected chi connectivity index (χ3v) is 5.08. The Morgan fingerprint density at radius 2 is 1.88 bits per heavy atom. The summed E-state index contributed by atoms with van der Waals surface area (Å²) in [4.78, 5) is 28.1. The molecule has 0 spiro atoms. The summed E-state index contributed by atoms with van der Waals surface area (Å²) in [7, 11) is 0. The van der Waals surface area contributed by atoms with Gasteiger partial charge < -0.3 is 10.4 Å². The molecule has 25 heavy (non-hydrogen) atoms. The van der Waals surface area contributed by atoms with E-state index < -0.39 is 17.8 Å². The van der Waals surface area contributed by atoms with Gasteiger partial charge in [0.25, 0.3) is 0 Å². The second kappa shape index (κ2) is 6.16. The summed E-state index contributed by atoms with van der Waals surface area (Å²) < 4.78 is 1.71. The van der Waals surface area contributed by atoms with Gasteiger partial charge in [0, 0.05) is 5.69 Å². The van der Waals surface area contributed by atoms with Crippen molar-refractivity contribution in [2.24, 2.45) is 23.7 Å². The van der Waals surface area contributed by atoms with Gasteiger partial charge in [0.15, 0.2) is 0 Å². The van der Waals surface area contributed by atoms with Crippen molar-refractivity contribution in [2.75, 3.05) is 5.32 Å². The van der Waals surface area contributed by atoms with E-state index in [1.165, 1.54) is 6.33 Å². The molecule has 7 heteroatoms. The number of allylic oxidation sites excluding steroid dienone is 2. The minimum absolute atomic E-state index is 0.0247. The van der Waals surface area contributed by atoms with Crippen LogP contribution in [-0.2, 0) is 16.1 Å². The molecule has 0 saturated heterocycles. The molecule has 1 heterocycles. The number of carboxylic acids is 1. The maximum absolute atomic E-state index is 12.6. The monoisotopic (exact) mass is 338 g/mol. The van der Waals surface area contributed by atoms with E-state index >= 15 is 0 Å². The molecule has 1 fully saturated rings. The number of nitrogens with zero attached hydrogens (tertiary/aromatic N) is 3. The molecule has 1 aromatic heterocycles. The Bertz CT molecular complexity index is 813. The SMILES string of the molecule is O=C(Nc1ccc(Cn2cncn2)cc1)[C@@H]1[C@@H](C(=O)O)[C@H]2C=C[C@@H]1C2. The van der Waals surface area contributed by atoms with Crippen LogP contribution in [-0.4, -0.2) is 31.7 Å². The highest BCUT2D eigenvalue weighted by molar-refractivity contribution is 5.96. The number of hydrogen-bond donors (Lipinski definition) is 2. The molecular formula is C18H18N4O3. The summed E-state index contributed by atoms with van der Waals surface area (Å²) in [5, 5.41) is 16.4. The molecule has 2 aliphatic rings. The van der Waals surface area contributed by atoms with Crippen molar-refractivity contribution in [1.82, 2.24) is 14.8 Å². The molecule has 4 rings (SSSR count). The van der Waals surface area contributed by atoms with Crippen LogP contribution < -0.4 is 5.32 Å². The third kappa shape index (κ3) is 2.93. The molecule has 0 aliphatic heterocycles. The van der Waals surface area contributed by atoms with Gasteiger partial charge in [0.05, 0.1) is 18.4 Å². The van der Waals surface area contributed by atoms with Crippen LogP contribution >= 0.6 is 0 Å². The largest absolute Gasteiger partial charge is 0.481 e. The van der Waals surface area contributed by atoms with Crippen LogP contribution in [0.1, 0.15) is 12.0 Å². The Hall–Kier alpha value is -2.96. The van der Waals surface area contributed by atoms with Gasteiger partial charge in [-0.1, -0.05) is 24.3 Å². The van der Waals surface area contributed by atoms with E-state index in [2.05, 4.69) is 15.4 Å². The lowest BCUT2D eigenvalue weighted by atomic mass is 9.82. The minimum atomic E-state index is -0.889. The van der Waals surface area contributed by atoms with Crippen molar-refractivity contribution >= 4 is 17.6 Å². The lowest BCUT2D eigenvalue weighted by Gasteiger charge is -2.23. The van der Waals surface area contributed by atoms with Crippen LogP contribution in [0.2, 0.25) is 0 Å². The predicted octanol–water partition coefficient (Wildman–Crippen LogP) is 1.79. The Morgan fingerprint density at radius 3 is 2.52 bits per heavy atom. The summed E-state index contributed by atoms with van der Waals surface area (Å²) in [5.41, 5.74) is 1.71. The Balaban J connectivity index is 1.44. The second-order valence-electron chi connectivity index (χ2n) is 6.62. The van der Waals surface area contributed by atoms with E-state index in [4.69, 9.17) is 0 Å². The number of carbonyl (C=O) groups is 2. The molecule has 2 bridgehead atoms. The molecule has 0 radical (unpaired) electrons. The average molecular weight is 338 g/mol. The van der Waals surface area contributed by atoms with Gasteiger partial charge in [0.1, 0.15) is 12.7 Å². The maximum Gasteiger partial charge on any atom is 0.307 e. The number of aliphatic carboxylic acids is 1. The van der Waals surface area contributed by atoms with Gasteiger partial charge in [-0.25, -0.2) is 9.67 Å². The van der Waals surface area contributed by atoms with E-state index in [0.717, 1.165) is 12.0 Å². The zero-order valence-electron chi connectivity index (χ0n) is 13.4. The van der Waals surface area contributed by atoms with Gasteiger partial charge in [-0.3, -0.25) is 9.59 Å². The molecule has 128 valence electrons. The van der Waals surface area contributed by atoms with E-state index in [1.54, 1.807) is 11.0 Å². The van der Waals surface area contributed by atoms with Crippen LogP contribution in [0, 0.1) is 23.7 Å². The maximum atomic E-state index is 12.6. The standard InChI is InChI=1S/C18H18N4O3/c23-17(15-12-3-4-13(7-12)16(15)18(24)25)21-14-5-1-11(2-6-14)8-22-10-19-9-20-22/h1-6,9-10,12-13,15-16H,7-8H2,(H,21,23)(H,24,25)/t12-,13+,15+,16+/m1/s1. The molecule has 1 saturated carbocycles. The lowest BCUT2D eigenvalue weighted by Crippen LogP contribution is -2.36. The van der Waals surface area contributed by atoms with E-state index in [9.17, 15) is 14.7 Å². The number of amides is 1. The summed E-state index contributed by atoms with van der Waals surface area (Å²) in [5.74, 6) is -2.22. The highest BCUT2D eigenvalue weighted by Crippen LogP contribution is 2.48. The highest BCUT2D eigenvalue weighted by Gasteiger charge is 2.51. The number of carbonyl (C=O) groups excluding carboxylic acids is 1. The minimum Gasteiger partial charge on any atom is -0.481 e. The highest BCUT2D eigenvalue weighted by atomic mass is 16.4. The summed E-state index contributed by atoms with van der Waals surface area (Å²) in [6.07, 6.45) is 7.80. The topological polar surface area (TPSA) is 97.1 Å². The number of anilines is 1. The van der Waals surface area contributed by atoms with Gasteiger partial charge in [-0.15, -0.1) is 0 Å². The fourth-order valence-electron chi connectivity index (χ4n) is 3.94. The van der Waals surface area contributed by atoms with Crippen molar-refractivity contribution in [1.29, 1.82) is 0 Å². The van der Waals surface area contributed by atoms with Gasteiger partial charge >= 0.3 is 5.97 Å². The third-order valence-electron chi connectivity index (χ3n) is 5.08. The first-order chi connectivity index (χ1) is 12.1. The zero-order valence-corrected chi connectivity index (χ0v) is 13.4. The first-order valence-electron chi connectivity index (χ1n) is 8.25. The van der Waals surface area contributed by atoms with Crippen LogP contribution in [0.3, 0.4) is 0 Å². The van der Waals surface area contributed by atoms with Crippen molar-refractivity contribution in [3.05, 3.63) is 54.6 Å². The fourth-order valence-corrected chi connectivity index (χ4v) is 3.94. The molecule has 2 aliphatic carbocycles. The number of aromatic nitrogens is 3. The molecular weight excluding hydrogens is 320 g/mol. The molecule has 4 atom stereocenters. The Labute approximate surface area is 144 Å². The quantitative estimate of drug-likeness (QED) is 0.810. The fraction of sp³-hybridized carbons (Fsp3) is 0.333.